The van der Waals surface area contributed by atoms with Crippen LogP contribution in [0.2, 0.25) is 0 Å². The fourth-order valence-electron chi connectivity index (χ4n) is 2.12. The van der Waals surface area contributed by atoms with Gasteiger partial charge < -0.3 is 19.9 Å². The first-order valence-electron chi connectivity index (χ1n) is 5.55. The predicted octanol–water partition coefficient (Wildman–Crippen LogP) is -1.24. The molecule has 8 nitrogen and oxygen atoms in total. The van der Waals surface area contributed by atoms with Crippen molar-refractivity contribution in [3.63, 3.8) is 0 Å². The average Bonchev–Trinajstić information content (AvgIpc) is 2.93. The van der Waals surface area contributed by atoms with Crippen LogP contribution in [0.4, 0.5) is 0 Å². The maximum atomic E-state index is 11.5. The normalized spacial score (nSPS) is 28.0. The van der Waals surface area contributed by atoms with E-state index in [1.54, 1.807) is 4.57 Å². The Morgan fingerprint density at radius 2 is 2.39 bits per heavy atom. The van der Waals surface area contributed by atoms with Crippen molar-refractivity contribution < 1.29 is 14.9 Å². The van der Waals surface area contributed by atoms with Crippen LogP contribution in [0.25, 0.3) is 11.2 Å². The largest absolute Gasteiger partial charge is 0.394 e. The Labute approximate surface area is 101 Å². The molecule has 3 atom stereocenters. The molecule has 0 spiro atoms. The van der Waals surface area contributed by atoms with Crippen LogP contribution in [0, 0.1) is 0 Å². The molecule has 0 aromatic carbocycles. The van der Waals surface area contributed by atoms with E-state index in [1.807, 2.05) is 0 Å². The lowest BCUT2D eigenvalue weighted by Crippen LogP contribution is -2.24. The number of rotatable bonds is 2. The maximum absolute atomic E-state index is 11.5. The van der Waals surface area contributed by atoms with Crippen LogP contribution in [0.5, 0.6) is 0 Å². The number of aromatic amines is 1. The van der Waals surface area contributed by atoms with E-state index >= 15 is 0 Å². The third kappa shape index (κ3) is 1.62. The van der Waals surface area contributed by atoms with E-state index in [2.05, 4.69) is 15.0 Å². The lowest BCUT2D eigenvalue weighted by Gasteiger charge is -2.13. The quantitative estimate of drug-likeness (QED) is 0.616. The molecular formula is C10H12N4O4. The van der Waals surface area contributed by atoms with Gasteiger partial charge in [0.1, 0.15) is 12.3 Å². The van der Waals surface area contributed by atoms with Crippen LogP contribution in [-0.4, -0.2) is 48.5 Å². The lowest BCUT2D eigenvalue weighted by atomic mass is 10.2. The third-order valence-electron chi connectivity index (χ3n) is 3.06. The summed E-state index contributed by atoms with van der Waals surface area (Å²) in [6.45, 7) is -0.252. The van der Waals surface area contributed by atoms with Crippen molar-refractivity contribution in [2.75, 3.05) is 6.61 Å². The molecule has 0 aliphatic carbocycles. The molecule has 96 valence electrons. The number of H-pyrrole nitrogens is 1. The van der Waals surface area contributed by atoms with E-state index in [0.29, 0.717) is 12.1 Å². The predicted molar refractivity (Wildman–Crippen MR) is 59.8 cm³/mol. The van der Waals surface area contributed by atoms with Crippen LogP contribution in [0.3, 0.4) is 0 Å². The topological polar surface area (TPSA) is 113 Å². The number of imidazole rings is 1. The minimum Gasteiger partial charge on any atom is -0.394 e. The standard InChI is InChI=1S/C10H12N4O4/c15-2-6-5(16)1-7(18-6)14-4-13-8-9(14)11-3-12-10(8)17/h3-7,15-16H,1-2H2,(H,11,12,17)/t5-,6?,7?/m0/s1. The zero-order chi connectivity index (χ0) is 12.7. The molecule has 1 fully saturated rings. The molecule has 2 aromatic heterocycles. The van der Waals surface area contributed by atoms with Crippen molar-refractivity contribution in [3.8, 4) is 0 Å². The van der Waals surface area contributed by atoms with Gasteiger partial charge in [-0.25, -0.2) is 9.97 Å². The number of nitrogens with zero attached hydrogens (tertiary/aromatic N) is 3. The van der Waals surface area contributed by atoms with Crippen molar-refractivity contribution in [2.45, 2.75) is 24.9 Å². The Morgan fingerprint density at radius 3 is 3.11 bits per heavy atom. The summed E-state index contributed by atoms with van der Waals surface area (Å²) in [4.78, 5) is 21.9. The van der Waals surface area contributed by atoms with Crippen molar-refractivity contribution in [1.29, 1.82) is 0 Å². The van der Waals surface area contributed by atoms with Crippen LogP contribution < -0.4 is 5.56 Å². The van der Waals surface area contributed by atoms with Gasteiger partial charge in [0.05, 0.1) is 25.4 Å². The molecule has 2 unspecified atom stereocenters. The summed E-state index contributed by atoms with van der Waals surface area (Å²) in [5.41, 5.74) is 0.300. The zero-order valence-corrected chi connectivity index (χ0v) is 9.35. The number of aliphatic hydroxyl groups excluding tert-OH is 2. The SMILES string of the molecule is O=c1[nH]cnc2c1ncn2C1C[C@H](O)C(CO)O1. The molecule has 2 aromatic rings. The summed E-state index contributed by atoms with van der Waals surface area (Å²) >= 11 is 0. The van der Waals surface area contributed by atoms with E-state index in [-0.39, 0.29) is 17.7 Å². The first-order valence-corrected chi connectivity index (χ1v) is 5.55. The zero-order valence-electron chi connectivity index (χ0n) is 9.35. The molecule has 0 saturated carbocycles. The minimum absolute atomic E-state index is 0.225. The molecule has 0 amide bonds. The number of ether oxygens (including phenoxy) is 1. The van der Waals surface area contributed by atoms with Crippen LogP contribution >= 0.6 is 0 Å². The van der Waals surface area contributed by atoms with Gasteiger partial charge in [0.15, 0.2) is 11.2 Å². The maximum Gasteiger partial charge on any atom is 0.278 e. The Balaban J connectivity index is 2.01. The molecule has 1 aliphatic rings. The number of fused-ring (bicyclic) bond motifs is 1. The smallest absolute Gasteiger partial charge is 0.278 e. The highest BCUT2D eigenvalue weighted by Crippen LogP contribution is 2.29. The second-order valence-electron chi connectivity index (χ2n) is 4.17. The summed E-state index contributed by atoms with van der Waals surface area (Å²) in [5.74, 6) is 0. The monoisotopic (exact) mass is 252 g/mol. The number of hydrogen-bond acceptors (Lipinski definition) is 6. The van der Waals surface area contributed by atoms with Gasteiger partial charge >= 0.3 is 0 Å². The molecular weight excluding hydrogens is 240 g/mol. The number of aliphatic hydroxyl groups is 2. The second-order valence-corrected chi connectivity index (χ2v) is 4.17. The molecule has 1 aliphatic heterocycles. The number of aromatic nitrogens is 4. The summed E-state index contributed by atoms with van der Waals surface area (Å²) in [7, 11) is 0. The molecule has 8 heteroatoms. The van der Waals surface area contributed by atoms with Crippen molar-refractivity contribution in [2.24, 2.45) is 0 Å². The molecule has 3 heterocycles. The first-order chi connectivity index (χ1) is 8.70. The molecule has 3 rings (SSSR count). The van der Waals surface area contributed by atoms with Crippen molar-refractivity contribution in [3.05, 3.63) is 23.0 Å². The van der Waals surface area contributed by atoms with Gasteiger partial charge in [0.25, 0.3) is 5.56 Å². The summed E-state index contributed by atoms with van der Waals surface area (Å²) in [5, 5.41) is 18.7. The van der Waals surface area contributed by atoms with Gasteiger partial charge in [-0.1, -0.05) is 0 Å². The van der Waals surface area contributed by atoms with Crippen LogP contribution in [0.15, 0.2) is 17.4 Å². The van der Waals surface area contributed by atoms with E-state index < -0.39 is 18.4 Å². The van der Waals surface area contributed by atoms with Gasteiger partial charge in [0, 0.05) is 6.42 Å². The fourth-order valence-corrected chi connectivity index (χ4v) is 2.12. The number of hydrogen-bond donors (Lipinski definition) is 3. The Kier molecular flexibility index (Phi) is 2.62. The Morgan fingerprint density at radius 1 is 1.56 bits per heavy atom. The summed E-state index contributed by atoms with van der Waals surface area (Å²) in [6, 6.07) is 0. The van der Waals surface area contributed by atoms with E-state index in [1.165, 1.54) is 12.7 Å². The highest BCUT2D eigenvalue weighted by molar-refractivity contribution is 5.68. The minimum atomic E-state index is -0.737. The van der Waals surface area contributed by atoms with Gasteiger partial charge in [-0.05, 0) is 0 Å². The molecule has 18 heavy (non-hydrogen) atoms. The Bertz CT molecular complexity index is 622. The van der Waals surface area contributed by atoms with Crippen molar-refractivity contribution in [1.82, 2.24) is 19.5 Å². The van der Waals surface area contributed by atoms with Gasteiger partial charge in [-0.3, -0.25) is 9.36 Å². The molecule has 3 N–H and O–H groups in total. The van der Waals surface area contributed by atoms with Gasteiger partial charge in [-0.15, -0.1) is 0 Å². The van der Waals surface area contributed by atoms with Gasteiger partial charge in [-0.2, -0.15) is 0 Å². The number of nitrogens with one attached hydrogen (secondary N) is 1. The molecule has 1 saturated heterocycles. The van der Waals surface area contributed by atoms with Crippen LogP contribution in [0.1, 0.15) is 12.6 Å². The highest BCUT2D eigenvalue weighted by Gasteiger charge is 2.35. The molecule has 0 bridgehead atoms. The highest BCUT2D eigenvalue weighted by atomic mass is 16.5. The van der Waals surface area contributed by atoms with Gasteiger partial charge in [0.2, 0.25) is 0 Å². The van der Waals surface area contributed by atoms with E-state index in [0.717, 1.165) is 0 Å². The van der Waals surface area contributed by atoms with Crippen molar-refractivity contribution >= 4 is 11.2 Å². The Hall–Kier alpha value is -1.77. The fraction of sp³-hybridized carbons (Fsp3) is 0.500. The lowest BCUT2D eigenvalue weighted by molar-refractivity contribution is -0.0432. The first kappa shape index (κ1) is 11.3. The van der Waals surface area contributed by atoms with E-state index in [9.17, 15) is 9.90 Å². The average molecular weight is 252 g/mol. The summed E-state index contributed by atoms with van der Waals surface area (Å²) < 4.78 is 7.07. The third-order valence-corrected chi connectivity index (χ3v) is 3.06. The second kappa shape index (κ2) is 4.16. The molecule has 0 radical (unpaired) electrons. The van der Waals surface area contributed by atoms with E-state index in [4.69, 9.17) is 9.84 Å². The van der Waals surface area contributed by atoms with Crippen LogP contribution in [-0.2, 0) is 4.74 Å². The summed E-state index contributed by atoms with van der Waals surface area (Å²) in [6.07, 6.45) is 1.23.